The average molecular weight is 415 g/mol. The van der Waals surface area contributed by atoms with Crippen LogP contribution in [-0.4, -0.2) is 56.0 Å². The van der Waals surface area contributed by atoms with Crippen LogP contribution in [0.4, 0.5) is 5.69 Å². The summed E-state index contributed by atoms with van der Waals surface area (Å²) in [5.74, 6) is 1.45. The van der Waals surface area contributed by atoms with Crippen molar-refractivity contribution in [2.75, 3.05) is 40.5 Å². The van der Waals surface area contributed by atoms with Crippen LogP contribution < -0.4 is 15.3 Å². The Morgan fingerprint density at radius 3 is 2.74 bits per heavy atom. The van der Waals surface area contributed by atoms with E-state index in [1.165, 1.54) is 0 Å². The maximum absolute atomic E-state index is 8.78. The van der Waals surface area contributed by atoms with E-state index in [-0.39, 0.29) is 0 Å². The quantitative estimate of drug-likeness (QED) is 0.510. The summed E-state index contributed by atoms with van der Waals surface area (Å²) in [5.41, 5.74) is 2.34. The molecule has 3 aromatic carbocycles. The summed E-state index contributed by atoms with van der Waals surface area (Å²) in [6.45, 7) is 3.19. The fourth-order valence-corrected chi connectivity index (χ4v) is 4.13. The molecule has 1 fully saturated rings. The fraction of sp³-hybridized carbons (Fsp3) is 0.280. The Morgan fingerprint density at radius 1 is 1.13 bits per heavy atom. The average Bonchev–Trinajstić information content (AvgIpc) is 3.29. The van der Waals surface area contributed by atoms with Crippen LogP contribution in [0.3, 0.4) is 0 Å². The number of hydrogen-bond donors (Lipinski definition) is 1. The monoisotopic (exact) mass is 414 g/mol. The van der Waals surface area contributed by atoms with Crippen molar-refractivity contribution >= 4 is 28.4 Å². The molecule has 0 radical (unpaired) electrons. The maximum atomic E-state index is 8.78. The van der Waals surface area contributed by atoms with Gasteiger partial charge in [0.15, 0.2) is 11.5 Å². The van der Waals surface area contributed by atoms with Gasteiger partial charge in [0, 0.05) is 56.5 Å². The minimum Gasteiger partial charge on any atom is -0.453 e. The topological polar surface area (TPSA) is 61.2 Å². The number of benzene rings is 3. The van der Waals surface area contributed by atoms with Gasteiger partial charge in [-0.25, -0.2) is 4.99 Å². The molecular weight excluding hydrogens is 388 g/mol. The lowest BCUT2D eigenvalue weighted by Gasteiger charge is -2.19. The SMILES string of the molecule is CN(C)C=c1ccc2c(c1)Oc1cc(C(=N)CCN3CCOC3)c3ccccc3c1N=2. The van der Waals surface area contributed by atoms with Crippen molar-refractivity contribution in [3.05, 3.63) is 64.7 Å². The van der Waals surface area contributed by atoms with E-state index >= 15 is 0 Å². The molecule has 5 rings (SSSR count). The third-order valence-corrected chi connectivity index (χ3v) is 5.65. The molecule has 158 valence electrons. The molecule has 0 bridgehead atoms. The molecular formula is C25H26N4O2. The van der Waals surface area contributed by atoms with Crippen LogP contribution in [0.15, 0.2) is 53.5 Å². The first-order valence-electron chi connectivity index (χ1n) is 10.6. The van der Waals surface area contributed by atoms with E-state index in [1.807, 2.05) is 61.6 Å². The lowest BCUT2D eigenvalue weighted by Crippen LogP contribution is -2.23. The molecule has 6 nitrogen and oxygen atoms in total. The van der Waals surface area contributed by atoms with Gasteiger partial charge in [0.05, 0.1) is 13.3 Å². The zero-order chi connectivity index (χ0) is 21.4. The van der Waals surface area contributed by atoms with Gasteiger partial charge >= 0.3 is 0 Å². The molecule has 0 aliphatic carbocycles. The lowest BCUT2D eigenvalue weighted by atomic mass is 9.97. The predicted molar refractivity (Wildman–Crippen MR) is 123 cm³/mol. The second kappa shape index (κ2) is 8.13. The van der Waals surface area contributed by atoms with Gasteiger partial charge in [0.2, 0.25) is 0 Å². The summed E-state index contributed by atoms with van der Waals surface area (Å²) >= 11 is 0. The van der Waals surface area contributed by atoms with E-state index in [1.54, 1.807) is 0 Å². The molecule has 2 heterocycles. The highest BCUT2D eigenvalue weighted by atomic mass is 16.5. The van der Waals surface area contributed by atoms with Crippen LogP contribution in [0.25, 0.3) is 17.0 Å². The Labute approximate surface area is 181 Å². The number of nitrogens with one attached hydrogen (secondary N) is 1. The third kappa shape index (κ3) is 3.92. The highest BCUT2D eigenvalue weighted by molar-refractivity contribution is 6.13. The van der Waals surface area contributed by atoms with E-state index < -0.39 is 0 Å². The number of rotatable bonds is 5. The second-order valence-corrected chi connectivity index (χ2v) is 8.23. The van der Waals surface area contributed by atoms with Crippen LogP contribution in [0.2, 0.25) is 0 Å². The molecule has 2 aliphatic heterocycles. The first kappa shape index (κ1) is 19.7. The van der Waals surface area contributed by atoms with Gasteiger partial charge in [-0.1, -0.05) is 30.3 Å². The molecule has 0 unspecified atom stereocenters. The van der Waals surface area contributed by atoms with Crippen molar-refractivity contribution in [3.8, 4) is 11.5 Å². The Bertz CT molecular complexity index is 1280. The summed E-state index contributed by atoms with van der Waals surface area (Å²) in [7, 11) is 4.00. The van der Waals surface area contributed by atoms with Crippen LogP contribution in [0.1, 0.15) is 12.0 Å². The molecule has 0 amide bonds. The molecule has 0 spiro atoms. The van der Waals surface area contributed by atoms with Crippen LogP contribution in [-0.2, 0) is 4.74 Å². The van der Waals surface area contributed by atoms with Gasteiger partial charge in [-0.3, -0.25) is 4.90 Å². The predicted octanol–water partition coefficient (Wildman–Crippen LogP) is 3.24. The summed E-state index contributed by atoms with van der Waals surface area (Å²) < 4.78 is 11.7. The Kier molecular flexibility index (Phi) is 5.18. The van der Waals surface area contributed by atoms with Crippen LogP contribution >= 0.6 is 0 Å². The first-order chi connectivity index (χ1) is 15.1. The van der Waals surface area contributed by atoms with Gasteiger partial charge in [-0.05, 0) is 28.8 Å². The van der Waals surface area contributed by atoms with E-state index in [0.29, 0.717) is 24.6 Å². The smallest absolute Gasteiger partial charge is 0.154 e. The van der Waals surface area contributed by atoms with Crippen LogP contribution in [0.5, 0.6) is 11.5 Å². The maximum Gasteiger partial charge on any atom is 0.154 e. The molecule has 3 aromatic rings. The highest BCUT2D eigenvalue weighted by Gasteiger charge is 2.20. The minimum atomic E-state index is 0.606. The number of hydrogen-bond acceptors (Lipinski definition) is 6. The largest absolute Gasteiger partial charge is 0.453 e. The van der Waals surface area contributed by atoms with Gasteiger partial charge in [-0.15, -0.1) is 0 Å². The molecule has 31 heavy (non-hydrogen) atoms. The van der Waals surface area contributed by atoms with Crippen molar-refractivity contribution < 1.29 is 9.47 Å². The number of fused-ring (bicyclic) bond motifs is 4. The van der Waals surface area contributed by atoms with E-state index in [9.17, 15) is 0 Å². The zero-order valence-electron chi connectivity index (χ0n) is 17.9. The van der Waals surface area contributed by atoms with Gasteiger partial charge in [0.1, 0.15) is 11.0 Å². The van der Waals surface area contributed by atoms with Crippen molar-refractivity contribution in [2.45, 2.75) is 6.42 Å². The molecule has 0 atom stereocenters. The Hall–Kier alpha value is -3.22. The summed E-state index contributed by atoms with van der Waals surface area (Å²) in [6.07, 6.45) is 2.71. The zero-order valence-corrected chi connectivity index (χ0v) is 17.9. The standard InChI is InChI=1S/C25H26N4O2/c1-28(2)15-17-7-8-22-23(13-17)31-24-14-20(21(26)9-10-29-11-12-30-16-29)18-5-3-4-6-19(18)25(24)27-22/h3-8,13-15,26H,9-12,16H2,1-2H3. The molecule has 1 saturated heterocycles. The molecule has 2 aliphatic rings. The Balaban J connectivity index is 1.56. The minimum absolute atomic E-state index is 0.606. The van der Waals surface area contributed by atoms with Gasteiger partial charge in [-0.2, -0.15) is 0 Å². The van der Waals surface area contributed by atoms with E-state index in [0.717, 1.165) is 58.0 Å². The van der Waals surface area contributed by atoms with Crippen molar-refractivity contribution in [3.63, 3.8) is 0 Å². The highest BCUT2D eigenvalue weighted by Crippen LogP contribution is 2.41. The summed E-state index contributed by atoms with van der Waals surface area (Å²) in [6, 6.07) is 16.2. The Morgan fingerprint density at radius 2 is 1.97 bits per heavy atom. The second-order valence-electron chi connectivity index (χ2n) is 8.23. The van der Waals surface area contributed by atoms with Crippen molar-refractivity contribution in [1.82, 2.24) is 9.80 Å². The molecule has 6 heteroatoms. The number of nitrogens with zero attached hydrogens (tertiary/aromatic N) is 3. The number of ether oxygens (including phenoxy) is 2. The van der Waals surface area contributed by atoms with Gasteiger partial charge < -0.3 is 19.8 Å². The summed E-state index contributed by atoms with van der Waals surface area (Å²) in [4.78, 5) is 9.16. The van der Waals surface area contributed by atoms with Crippen LogP contribution in [0, 0.1) is 5.41 Å². The normalized spacial score (nSPS) is 15.9. The van der Waals surface area contributed by atoms with E-state index in [4.69, 9.17) is 19.9 Å². The molecule has 1 N–H and O–H groups in total. The molecule has 0 saturated carbocycles. The fourth-order valence-electron chi connectivity index (χ4n) is 4.13. The van der Waals surface area contributed by atoms with E-state index in [2.05, 4.69) is 17.0 Å². The third-order valence-electron chi connectivity index (χ3n) is 5.65. The summed E-state index contributed by atoms with van der Waals surface area (Å²) in [5, 5.41) is 12.7. The van der Waals surface area contributed by atoms with Crippen molar-refractivity contribution in [1.29, 1.82) is 5.41 Å². The van der Waals surface area contributed by atoms with Gasteiger partial charge in [0.25, 0.3) is 0 Å². The lowest BCUT2D eigenvalue weighted by molar-refractivity contribution is 0.142. The molecule has 0 aromatic heterocycles. The first-order valence-corrected chi connectivity index (χ1v) is 10.6. The van der Waals surface area contributed by atoms with Crippen molar-refractivity contribution in [2.24, 2.45) is 4.99 Å².